The number of thioether (sulfide) groups is 1. The molecule has 0 aliphatic carbocycles. The van der Waals surface area contributed by atoms with E-state index in [9.17, 15) is 18.8 Å². The Morgan fingerprint density at radius 1 is 1.18 bits per heavy atom. The van der Waals surface area contributed by atoms with Crippen LogP contribution in [0.5, 0.6) is 0 Å². The molecule has 1 unspecified atom stereocenters. The molecule has 2 aromatic rings. The summed E-state index contributed by atoms with van der Waals surface area (Å²) in [6.45, 7) is 0.332. The number of halogens is 1. The van der Waals surface area contributed by atoms with Gasteiger partial charge in [-0.15, -0.1) is 0 Å². The summed E-state index contributed by atoms with van der Waals surface area (Å²) in [6.07, 6.45) is 2.70. The number of carbonyl (C=O) groups is 3. The second kappa shape index (κ2) is 11.0. The number of ketones is 1. The third kappa shape index (κ3) is 7.36. The molecule has 0 saturated heterocycles. The Hall–Kier alpha value is -2.94. The van der Waals surface area contributed by atoms with Crippen molar-refractivity contribution in [3.63, 3.8) is 0 Å². The first kappa shape index (κ1) is 21.4. The summed E-state index contributed by atoms with van der Waals surface area (Å²) in [4.78, 5) is 39.2. The van der Waals surface area contributed by atoms with Crippen LogP contribution in [0.2, 0.25) is 0 Å². The molecule has 148 valence electrons. The molecular weight excluding hydrogens is 385 g/mol. The Morgan fingerprint density at radius 3 is 2.57 bits per heavy atom. The summed E-state index contributed by atoms with van der Waals surface area (Å²) < 4.78 is 12.8. The maximum Gasteiger partial charge on any atom is 0.319 e. The van der Waals surface area contributed by atoms with Crippen LogP contribution in [0.15, 0.2) is 48.8 Å². The highest BCUT2D eigenvalue weighted by atomic mass is 32.2. The normalized spacial score (nSPS) is 11.5. The van der Waals surface area contributed by atoms with Gasteiger partial charge in [-0.05, 0) is 36.4 Å². The Balaban J connectivity index is 1.74. The fourth-order valence-electron chi connectivity index (χ4n) is 2.35. The standard InChI is InChI=1S/C19H20FN3O4S/c20-15-3-5-16(6-4-15)23-19(27)22-8-9-28-12-14(10-17(24)25)18(26)13-2-1-7-21-11-13/h1-7,11,14H,8-10,12H2,(H,24,25)(H2,22,23,27). The maximum absolute atomic E-state index is 12.8. The van der Waals surface area contributed by atoms with Crippen molar-refractivity contribution < 1.29 is 23.9 Å². The average Bonchev–Trinajstić information content (AvgIpc) is 2.68. The summed E-state index contributed by atoms with van der Waals surface area (Å²) in [5.41, 5.74) is 0.848. The van der Waals surface area contributed by atoms with E-state index in [1.807, 2.05) is 0 Å². The molecule has 28 heavy (non-hydrogen) atoms. The molecule has 1 heterocycles. The topological polar surface area (TPSA) is 108 Å². The van der Waals surface area contributed by atoms with Gasteiger partial charge in [-0.2, -0.15) is 11.8 Å². The number of anilines is 1. The molecule has 0 fully saturated rings. The van der Waals surface area contributed by atoms with E-state index in [4.69, 9.17) is 5.11 Å². The average molecular weight is 405 g/mol. The lowest BCUT2D eigenvalue weighted by Gasteiger charge is -2.13. The highest BCUT2D eigenvalue weighted by Crippen LogP contribution is 2.18. The first-order valence-corrected chi connectivity index (χ1v) is 9.65. The summed E-state index contributed by atoms with van der Waals surface area (Å²) in [5, 5.41) is 14.3. The molecule has 3 N–H and O–H groups in total. The summed E-state index contributed by atoms with van der Waals surface area (Å²) in [6, 6.07) is 8.19. The Morgan fingerprint density at radius 2 is 1.93 bits per heavy atom. The number of hydrogen-bond donors (Lipinski definition) is 3. The number of aliphatic carboxylic acids is 1. The molecule has 1 aromatic carbocycles. The van der Waals surface area contributed by atoms with Crippen molar-refractivity contribution >= 4 is 35.2 Å². The third-order valence-electron chi connectivity index (χ3n) is 3.69. The van der Waals surface area contributed by atoms with E-state index in [-0.39, 0.29) is 18.0 Å². The van der Waals surface area contributed by atoms with Gasteiger partial charge in [-0.1, -0.05) is 0 Å². The van der Waals surface area contributed by atoms with Gasteiger partial charge in [-0.25, -0.2) is 9.18 Å². The van der Waals surface area contributed by atoms with E-state index >= 15 is 0 Å². The van der Waals surface area contributed by atoms with Crippen LogP contribution in [0.1, 0.15) is 16.8 Å². The van der Waals surface area contributed by atoms with Crippen LogP contribution in [0, 0.1) is 11.7 Å². The minimum Gasteiger partial charge on any atom is -0.481 e. The molecule has 0 aliphatic rings. The van der Waals surface area contributed by atoms with Crippen molar-refractivity contribution in [3.8, 4) is 0 Å². The Bertz CT molecular complexity index is 803. The van der Waals surface area contributed by atoms with Crippen molar-refractivity contribution in [1.82, 2.24) is 10.3 Å². The van der Waals surface area contributed by atoms with Crippen LogP contribution >= 0.6 is 11.8 Å². The van der Waals surface area contributed by atoms with Crippen LogP contribution in [0.4, 0.5) is 14.9 Å². The van der Waals surface area contributed by atoms with E-state index in [2.05, 4.69) is 15.6 Å². The fourth-order valence-corrected chi connectivity index (χ4v) is 3.32. The number of rotatable bonds is 10. The zero-order valence-electron chi connectivity index (χ0n) is 14.9. The van der Waals surface area contributed by atoms with Crippen molar-refractivity contribution in [1.29, 1.82) is 0 Å². The smallest absolute Gasteiger partial charge is 0.319 e. The van der Waals surface area contributed by atoms with Crippen LogP contribution < -0.4 is 10.6 Å². The number of nitrogens with one attached hydrogen (secondary N) is 2. The largest absolute Gasteiger partial charge is 0.481 e. The SMILES string of the molecule is O=C(O)CC(CSCCNC(=O)Nc1ccc(F)cc1)C(=O)c1cccnc1. The molecule has 0 saturated carbocycles. The quantitative estimate of drug-likeness (QED) is 0.414. The van der Waals surface area contributed by atoms with Gasteiger partial charge in [0.2, 0.25) is 0 Å². The lowest BCUT2D eigenvalue weighted by molar-refractivity contribution is -0.137. The molecule has 9 heteroatoms. The van der Waals surface area contributed by atoms with Gasteiger partial charge < -0.3 is 15.7 Å². The van der Waals surface area contributed by atoms with Crippen molar-refractivity contribution in [2.75, 3.05) is 23.4 Å². The summed E-state index contributed by atoms with van der Waals surface area (Å²) in [7, 11) is 0. The van der Waals surface area contributed by atoms with Crippen LogP contribution in [-0.4, -0.2) is 45.9 Å². The molecule has 1 aromatic heterocycles. The number of nitrogens with zero attached hydrogens (tertiary/aromatic N) is 1. The fraction of sp³-hybridized carbons (Fsp3) is 0.263. The van der Waals surface area contributed by atoms with Crippen LogP contribution in [0.25, 0.3) is 0 Å². The number of carboxylic acid groups (broad SMARTS) is 1. The van der Waals surface area contributed by atoms with Gasteiger partial charge in [0.1, 0.15) is 5.82 Å². The highest BCUT2D eigenvalue weighted by molar-refractivity contribution is 7.99. The Kier molecular flexibility index (Phi) is 8.41. The lowest BCUT2D eigenvalue weighted by atomic mass is 9.97. The Labute approximate surface area is 165 Å². The zero-order chi connectivity index (χ0) is 20.4. The van der Waals surface area contributed by atoms with Crippen molar-refractivity contribution in [2.45, 2.75) is 6.42 Å². The van der Waals surface area contributed by atoms with Crippen molar-refractivity contribution in [2.24, 2.45) is 5.92 Å². The molecule has 7 nitrogen and oxygen atoms in total. The summed E-state index contributed by atoms with van der Waals surface area (Å²) in [5.74, 6) is -1.53. The first-order valence-electron chi connectivity index (χ1n) is 8.50. The molecule has 0 radical (unpaired) electrons. The minimum absolute atomic E-state index is 0.259. The first-order chi connectivity index (χ1) is 13.5. The van der Waals surface area contributed by atoms with Gasteiger partial charge in [0.05, 0.1) is 6.42 Å². The predicted molar refractivity (Wildman–Crippen MR) is 105 cm³/mol. The van der Waals surface area contributed by atoms with E-state index in [0.717, 1.165) is 0 Å². The maximum atomic E-state index is 12.8. The molecular formula is C19H20FN3O4S. The monoisotopic (exact) mass is 405 g/mol. The van der Waals surface area contributed by atoms with Gasteiger partial charge in [0.15, 0.2) is 5.78 Å². The molecule has 2 rings (SSSR count). The lowest BCUT2D eigenvalue weighted by Crippen LogP contribution is -2.30. The van der Waals surface area contributed by atoms with E-state index in [0.29, 0.717) is 29.3 Å². The molecule has 2 amide bonds. The number of benzene rings is 1. The number of urea groups is 1. The highest BCUT2D eigenvalue weighted by Gasteiger charge is 2.23. The number of amides is 2. The second-order valence-electron chi connectivity index (χ2n) is 5.86. The van der Waals surface area contributed by atoms with Gasteiger partial charge >= 0.3 is 12.0 Å². The number of Topliss-reactive ketones (excluding diaryl/α,β-unsaturated/α-hetero) is 1. The second-order valence-corrected chi connectivity index (χ2v) is 7.01. The van der Waals surface area contributed by atoms with Crippen LogP contribution in [-0.2, 0) is 4.79 Å². The van der Waals surface area contributed by atoms with E-state index in [1.165, 1.54) is 42.2 Å². The van der Waals surface area contributed by atoms with Crippen molar-refractivity contribution in [3.05, 3.63) is 60.2 Å². The zero-order valence-corrected chi connectivity index (χ0v) is 15.7. The van der Waals surface area contributed by atoms with E-state index < -0.39 is 17.9 Å². The van der Waals surface area contributed by atoms with Crippen LogP contribution in [0.3, 0.4) is 0 Å². The van der Waals surface area contributed by atoms with Gasteiger partial charge in [0, 0.05) is 47.6 Å². The number of hydrogen-bond acceptors (Lipinski definition) is 5. The predicted octanol–water partition coefficient (Wildman–Crippen LogP) is 3.05. The summed E-state index contributed by atoms with van der Waals surface area (Å²) >= 11 is 1.38. The molecule has 1 atom stereocenters. The molecule has 0 bridgehead atoms. The van der Waals surface area contributed by atoms with Gasteiger partial charge in [0.25, 0.3) is 0 Å². The molecule has 0 spiro atoms. The minimum atomic E-state index is -1.04. The van der Waals surface area contributed by atoms with E-state index in [1.54, 1.807) is 18.3 Å². The third-order valence-corrected chi connectivity index (χ3v) is 4.82. The van der Waals surface area contributed by atoms with Gasteiger partial charge in [-0.3, -0.25) is 14.6 Å². The number of aromatic nitrogens is 1. The number of carboxylic acids is 1. The number of carbonyl (C=O) groups excluding carboxylic acids is 2. The number of pyridine rings is 1. The molecule has 0 aliphatic heterocycles.